The van der Waals surface area contributed by atoms with Gasteiger partial charge in [-0.1, -0.05) is 12.1 Å². The molecule has 0 bridgehead atoms. The predicted octanol–water partition coefficient (Wildman–Crippen LogP) is 2.73. The number of fused-ring (bicyclic) bond motifs is 1. The number of benzene rings is 1. The predicted molar refractivity (Wildman–Crippen MR) is 62.5 cm³/mol. The summed E-state index contributed by atoms with van der Waals surface area (Å²) >= 11 is 0. The number of pyridine rings is 1. The molecule has 0 aliphatic heterocycles. The van der Waals surface area contributed by atoms with Crippen molar-refractivity contribution in [2.45, 2.75) is 19.8 Å². The lowest BCUT2D eigenvalue weighted by Crippen LogP contribution is -2.07. The molecule has 82 valence electrons. The Morgan fingerprint density at radius 3 is 2.75 bits per heavy atom. The number of aryl methyl sites for hydroxylation is 1. The van der Waals surface area contributed by atoms with E-state index in [1.165, 1.54) is 0 Å². The summed E-state index contributed by atoms with van der Waals surface area (Å²) < 4.78 is 0. The van der Waals surface area contributed by atoms with Gasteiger partial charge in [-0.3, -0.25) is 9.78 Å². The summed E-state index contributed by atoms with van der Waals surface area (Å²) in [6.07, 6.45) is 1.78. The van der Waals surface area contributed by atoms with Crippen molar-refractivity contribution in [2.24, 2.45) is 0 Å². The zero-order chi connectivity index (χ0) is 11.7. The van der Waals surface area contributed by atoms with Gasteiger partial charge in [0.25, 0.3) is 0 Å². The molecule has 16 heavy (non-hydrogen) atoms. The van der Waals surface area contributed by atoms with Crippen LogP contribution in [-0.4, -0.2) is 16.1 Å². The zero-order valence-electron chi connectivity index (χ0n) is 9.27. The van der Waals surface area contributed by atoms with Crippen molar-refractivity contribution in [3.8, 4) is 0 Å². The third kappa shape index (κ3) is 1.89. The molecule has 0 saturated carbocycles. The quantitative estimate of drug-likeness (QED) is 0.838. The van der Waals surface area contributed by atoms with Gasteiger partial charge in [0.05, 0.1) is 5.92 Å². The third-order valence-corrected chi connectivity index (χ3v) is 2.75. The number of carboxylic acid groups (broad SMARTS) is 1. The van der Waals surface area contributed by atoms with Crippen molar-refractivity contribution in [3.63, 3.8) is 0 Å². The summed E-state index contributed by atoms with van der Waals surface area (Å²) in [7, 11) is 0. The average Bonchev–Trinajstić information content (AvgIpc) is 2.27. The van der Waals surface area contributed by atoms with Crippen LogP contribution in [0.1, 0.15) is 24.1 Å². The summed E-state index contributed by atoms with van der Waals surface area (Å²) in [4.78, 5) is 15.1. The van der Waals surface area contributed by atoms with E-state index in [0.717, 1.165) is 22.0 Å². The lowest BCUT2D eigenvalue weighted by atomic mass is 9.98. The molecule has 1 N–H and O–H groups in total. The molecule has 2 aromatic rings. The zero-order valence-corrected chi connectivity index (χ0v) is 9.27. The van der Waals surface area contributed by atoms with Gasteiger partial charge in [-0.05, 0) is 36.9 Å². The first kappa shape index (κ1) is 10.6. The molecule has 0 spiro atoms. The monoisotopic (exact) mass is 215 g/mol. The van der Waals surface area contributed by atoms with E-state index in [1.54, 1.807) is 13.1 Å². The van der Waals surface area contributed by atoms with Crippen LogP contribution in [0.25, 0.3) is 10.8 Å². The van der Waals surface area contributed by atoms with Crippen LogP contribution >= 0.6 is 0 Å². The number of hydrogen-bond donors (Lipinski definition) is 1. The molecular formula is C13H13NO2. The minimum Gasteiger partial charge on any atom is -0.481 e. The van der Waals surface area contributed by atoms with Gasteiger partial charge >= 0.3 is 5.97 Å². The molecular weight excluding hydrogens is 202 g/mol. The fraction of sp³-hybridized carbons (Fsp3) is 0.231. The number of hydrogen-bond acceptors (Lipinski definition) is 2. The summed E-state index contributed by atoms with van der Waals surface area (Å²) in [5.74, 6) is -1.29. The van der Waals surface area contributed by atoms with Crippen LogP contribution in [0.2, 0.25) is 0 Å². The molecule has 0 amide bonds. The van der Waals surface area contributed by atoms with Crippen molar-refractivity contribution < 1.29 is 9.90 Å². The molecule has 1 unspecified atom stereocenters. The van der Waals surface area contributed by atoms with Crippen molar-refractivity contribution in [3.05, 3.63) is 41.7 Å². The van der Waals surface area contributed by atoms with Crippen LogP contribution < -0.4 is 0 Å². The average molecular weight is 215 g/mol. The smallest absolute Gasteiger partial charge is 0.310 e. The second-order valence-corrected chi connectivity index (χ2v) is 3.99. The molecule has 0 radical (unpaired) electrons. The van der Waals surface area contributed by atoms with Gasteiger partial charge < -0.3 is 5.11 Å². The minimum absolute atomic E-state index is 0.481. The second-order valence-electron chi connectivity index (χ2n) is 3.99. The molecule has 1 atom stereocenters. The van der Waals surface area contributed by atoms with Crippen molar-refractivity contribution in [1.82, 2.24) is 4.98 Å². The number of rotatable bonds is 2. The van der Waals surface area contributed by atoms with E-state index in [4.69, 9.17) is 5.11 Å². The van der Waals surface area contributed by atoms with E-state index in [0.29, 0.717) is 0 Å². The lowest BCUT2D eigenvalue weighted by Gasteiger charge is -2.07. The number of nitrogens with zero attached hydrogens (tertiary/aromatic N) is 1. The molecule has 2 rings (SSSR count). The molecule has 0 fully saturated rings. The highest BCUT2D eigenvalue weighted by Crippen LogP contribution is 2.21. The Kier molecular flexibility index (Phi) is 2.60. The van der Waals surface area contributed by atoms with E-state index in [9.17, 15) is 4.79 Å². The van der Waals surface area contributed by atoms with Gasteiger partial charge in [0.2, 0.25) is 0 Å². The van der Waals surface area contributed by atoms with Gasteiger partial charge in [-0.15, -0.1) is 0 Å². The van der Waals surface area contributed by atoms with E-state index in [1.807, 2.05) is 31.2 Å². The minimum atomic E-state index is -0.806. The van der Waals surface area contributed by atoms with Crippen molar-refractivity contribution in [1.29, 1.82) is 0 Å². The number of carbonyl (C=O) groups is 1. The first-order valence-corrected chi connectivity index (χ1v) is 5.17. The number of aliphatic carboxylic acids is 1. The Balaban J connectivity index is 2.52. The first-order chi connectivity index (χ1) is 7.58. The molecule has 0 aliphatic rings. The van der Waals surface area contributed by atoms with Crippen LogP contribution in [0.4, 0.5) is 0 Å². The van der Waals surface area contributed by atoms with E-state index in [-0.39, 0.29) is 0 Å². The maximum Gasteiger partial charge on any atom is 0.310 e. The standard InChI is InChI=1S/C13H13NO2/c1-8-5-11-4-3-10(9(2)13(15)16)6-12(11)7-14-8/h3-7,9H,1-2H3,(H,15,16). The largest absolute Gasteiger partial charge is 0.481 e. The van der Waals surface area contributed by atoms with Gasteiger partial charge in [0, 0.05) is 17.3 Å². The van der Waals surface area contributed by atoms with E-state index < -0.39 is 11.9 Å². The molecule has 0 aliphatic carbocycles. The summed E-state index contributed by atoms with van der Waals surface area (Å²) in [5, 5.41) is 11.0. The van der Waals surface area contributed by atoms with Crippen molar-refractivity contribution in [2.75, 3.05) is 0 Å². The molecule has 1 aromatic heterocycles. The van der Waals surface area contributed by atoms with E-state index >= 15 is 0 Å². The molecule has 0 saturated heterocycles. The Morgan fingerprint density at radius 2 is 2.06 bits per heavy atom. The highest BCUT2D eigenvalue weighted by Gasteiger charge is 2.13. The number of aromatic nitrogens is 1. The van der Waals surface area contributed by atoms with Crippen LogP contribution in [0.3, 0.4) is 0 Å². The van der Waals surface area contributed by atoms with Gasteiger partial charge in [0.15, 0.2) is 0 Å². The molecule has 1 aromatic carbocycles. The fourth-order valence-electron chi connectivity index (χ4n) is 1.68. The van der Waals surface area contributed by atoms with Crippen LogP contribution in [0.5, 0.6) is 0 Å². The Bertz CT molecular complexity index is 549. The molecule has 3 nitrogen and oxygen atoms in total. The lowest BCUT2D eigenvalue weighted by molar-refractivity contribution is -0.138. The molecule has 1 heterocycles. The highest BCUT2D eigenvalue weighted by molar-refractivity contribution is 5.85. The normalized spacial score (nSPS) is 12.6. The molecule has 3 heteroatoms. The maximum atomic E-state index is 10.9. The van der Waals surface area contributed by atoms with Crippen LogP contribution in [0, 0.1) is 6.92 Å². The SMILES string of the molecule is Cc1cc2ccc(C(C)C(=O)O)cc2cn1. The van der Waals surface area contributed by atoms with Gasteiger partial charge in [-0.25, -0.2) is 0 Å². The Morgan fingerprint density at radius 1 is 1.31 bits per heavy atom. The van der Waals surface area contributed by atoms with Crippen molar-refractivity contribution >= 4 is 16.7 Å². The fourth-order valence-corrected chi connectivity index (χ4v) is 1.68. The summed E-state index contributed by atoms with van der Waals surface area (Å²) in [6.45, 7) is 3.62. The topological polar surface area (TPSA) is 50.2 Å². The highest BCUT2D eigenvalue weighted by atomic mass is 16.4. The van der Waals surface area contributed by atoms with Crippen LogP contribution in [0.15, 0.2) is 30.5 Å². The second kappa shape index (κ2) is 3.93. The van der Waals surface area contributed by atoms with Gasteiger partial charge in [0.1, 0.15) is 0 Å². The van der Waals surface area contributed by atoms with Gasteiger partial charge in [-0.2, -0.15) is 0 Å². The summed E-state index contributed by atoms with van der Waals surface area (Å²) in [5.41, 5.74) is 1.78. The Labute approximate surface area is 93.7 Å². The maximum absolute atomic E-state index is 10.9. The Hall–Kier alpha value is -1.90. The summed E-state index contributed by atoms with van der Waals surface area (Å²) in [6, 6.07) is 7.68. The van der Waals surface area contributed by atoms with Crippen LogP contribution in [-0.2, 0) is 4.79 Å². The third-order valence-electron chi connectivity index (χ3n) is 2.75. The number of carboxylic acids is 1. The van der Waals surface area contributed by atoms with E-state index in [2.05, 4.69) is 4.98 Å². The first-order valence-electron chi connectivity index (χ1n) is 5.17.